The smallest absolute Gasteiger partial charge is 0.106 e. The van der Waals surface area contributed by atoms with Gasteiger partial charge in [0, 0.05) is 5.56 Å². The Bertz CT molecular complexity index is 435. The molecule has 2 heterocycles. The fourth-order valence-electron chi connectivity index (χ4n) is 2.41. The van der Waals surface area contributed by atoms with Crippen molar-refractivity contribution in [1.82, 2.24) is 5.43 Å². The molecular weight excluding hydrogens is 216 g/mol. The molecule has 1 atom stereocenters. The van der Waals surface area contributed by atoms with E-state index in [0.29, 0.717) is 0 Å². The van der Waals surface area contributed by atoms with Crippen LogP contribution >= 0.6 is 0 Å². The first-order chi connectivity index (χ1) is 8.15. The van der Waals surface area contributed by atoms with Gasteiger partial charge < -0.3 is 9.15 Å². The molecule has 17 heavy (non-hydrogen) atoms. The van der Waals surface area contributed by atoms with Gasteiger partial charge in [-0.15, -0.1) is 0 Å². The highest BCUT2D eigenvalue weighted by molar-refractivity contribution is 5.38. The number of hydrogen-bond acceptors (Lipinski definition) is 4. The van der Waals surface area contributed by atoms with Gasteiger partial charge in [-0.3, -0.25) is 5.84 Å². The Kier molecular flexibility index (Phi) is 3.54. The summed E-state index contributed by atoms with van der Waals surface area (Å²) in [6.45, 7) is 6.81. The minimum absolute atomic E-state index is 0.00671. The van der Waals surface area contributed by atoms with Gasteiger partial charge in [0.25, 0.3) is 0 Å². The van der Waals surface area contributed by atoms with Crippen LogP contribution in [0.25, 0.3) is 0 Å². The van der Waals surface area contributed by atoms with Crippen LogP contribution in [-0.2, 0) is 4.74 Å². The largest absolute Gasteiger partial charge is 0.501 e. The van der Waals surface area contributed by atoms with Crippen LogP contribution < -0.4 is 11.3 Å². The van der Waals surface area contributed by atoms with Gasteiger partial charge in [-0.25, -0.2) is 5.43 Å². The number of furan rings is 1. The number of nitrogens with two attached hydrogens (primary N) is 1. The van der Waals surface area contributed by atoms with Crippen molar-refractivity contribution in [2.75, 3.05) is 6.61 Å². The zero-order valence-corrected chi connectivity index (χ0v) is 10.7. The predicted molar refractivity (Wildman–Crippen MR) is 66.3 cm³/mol. The molecule has 0 aromatic carbocycles. The maximum atomic E-state index is 5.69. The van der Waals surface area contributed by atoms with Crippen LogP contribution in [0.4, 0.5) is 0 Å². The van der Waals surface area contributed by atoms with Crippen LogP contribution in [0.3, 0.4) is 0 Å². The van der Waals surface area contributed by atoms with Crippen molar-refractivity contribution in [3.63, 3.8) is 0 Å². The number of ether oxygens (including phenoxy) is 1. The van der Waals surface area contributed by atoms with E-state index in [1.807, 2.05) is 20.1 Å². The van der Waals surface area contributed by atoms with E-state index in [9.17, 15) is 0 Å². The lowest BCUT2D eigenvalue weighted by Crippen LogP contribution is -2.31. The molecule has 4 nitrogen and oxygen atoms in total. The highest BCUT2D eigenvalue weighted by Gasteiger charge is 2.24. The summed E-state index contributed by atoms with van der Waals surface area (Å²) < 4.78 is 11.0. The zero-order chi connectivity index (χ0) is 12.4. The molecule has 0 spiro atoms. The monoisotopic (exact) mass is 236 g/mol. The molecule has 94 valence electrons. The average molecular weight is 236 g/mol. The summed E-state index contributed by atoms with van der Waals surface area (Å²) in [5.41, 5.74) is 6.36. The van der Waals surface area contributed by atoms with Crippen molar-refractivity contribution in [3.8, 4) is 0 Å². The summed E-state index contributed by atoms with van der Waals surface area (Å²) in [5.74, 6) is 7.57. The summed E-state index contributed by atoms with van der Waals surface area (Å²) in [6, 6.07) is -0.00671. The normalized spacial score (nSPS) is 17.5. The molecule has 0 saturated heterocycles. The van der Waals surface area contributed by atoms with E-state index in [0.717, 1.165) is 42.1 Å². The molecule has 0 fully saturated rings. The number of aryl methyl sites for hydroxylation is 2. The van der Waals surface area contributed by atoms with Crippen LogP contribution in [0.1, 0.15) is 41.5 Å². The Morgan fingerprint density at radius 2 is 2.06 bits per heavy atom. The lowest BCUT2D eigenvalue weighted by Gasteiger charge is -2.23. The molecule has 1 aliphatic heterocycles. The number of rotatable bonds is 3. The van der Waals surface area contributed by atoms with E-state index in [2.05, 4.69) is 12.3 Å². The Labute approximate surface area is 102 Å². The lowest BCUT2D eigenvalue weighted by atomic mass is 9.93. The second-order valence-electron chi connectivity index (χ2n) is 4.52. The molecular formula is C13H20N2O2. The van der Waals surface area contributed by atoms with Gasteiger partial charge >= 0.3 is 0 Å². The fourth-order valence-corrected chi connectivity index (χ4v) is 2.41. The summed E-state index contributed by atoms with van der Waals surface area (Å²) in [6.07, 6.45) is 3.88. The van der Waals surface area contributed by atoms with E-state index in [1.54, 1.807) is 0 Å². The molecule has 0 aliphatic carbocycles. The van der Waals surface area contributed by atoms with Gasteiger partial charge in [0.1, 0.15) is 11.5 Å². The predicted octanol–water partition coefficient (Wildman–Crippen LogP) is 2.40. The molecule has 2 rings (SSSR count). The Morgan fingerprint density at radius 1 is 1.29 bits per heavy atom. The topological polar surface area (TPSA) is 60.4 Å². The fraction of sp³-hybridized carbons (Fsp3) is 0.538. The van der Waals surface area contributed by atoms with E-state index in [4.69, 9.17) is 15.0 Å². The van der Waals surface area contributed by atoms with Crippen molar-refractivity contribution < 1.29 is 9.15 Å². The first-order valence-electron chi connectivity index (χ1n) is 5.98. The van der Waals surface area contributed by atoms with E-state index >= 15 is 0 Å². The summed E-state index contributed by atoms with van der Waals surface area (Å²) in [5, 5.41) is 0. The number of nitrogens with one attached hydrogen (secondary N) is 1. The highest BCUT2D eigenvalue weighted by atomic mass is 16.5. The van der Waals surface area contributed by atoms with Crippen molar-refractivity contribution in [3.05, 3.63) is 34.5 Å². The van der Waals surface area contributed by atoms with Crippen LogP contribution in [0.15, 0.2) is 16.3 Å². The Morgan fingerprint density at radius 3 is 2.53 bits per heavy atom. The number of hydrogen-bond donors (Lipinski definition) is 2. The van der Waals surface area contributed by atoms with Crippen LogP contribution in [-0.4, -0.2) is 6.61 Å². The minimum atomic E-state index is -0.00671. The second kappa shape index (κ2) is 4.94. The molecule has 0 saturated carbocycles. The van der Waals surface area contributed by atoms with Crippen LogP contribution in [0.2, 0.25) is 0 Å². The molecule has 1 aromatic rings. The standard InChI is InChI=1S/C13H20N2O2/c1-8-9(2)17-10(3)12(8)13(15-14)11-5-4-6-16-7-11/h7,13,15H,4-6,14H2,1-3H3. The number of hydrazine groups is 1. The van der Waals surface area contributed by atoms with Crippen LogP contribution in [0.5, 0.6) is 0 Å². The van der Waals surface area contributed by atoms with Gasteiger partial charge in [0.05, 0.1) is 18.9 Å². The van der Waals surface area contributed by atoms with Gasteiger partial charge in [-0.1, -0.05) is 0 Å². The van der Waals surface area contributed by atoms with Gasteiger partial charge in [-0.2, -0.15) is 0 Å². The molecule has 1 unspecified atom stereocenters. The van der Waals surface area contributed by atoms with Crippen molar-refractivity contribution in [2.24, 2.45) is 5.84 Å². The summed E-state index contributed by atoms with van der Waals surface area (Å²) in [4.78, 5) is 0. The summed E-state index contributed by atoms with van der Waals surface area (Å²) in [7, 11) is 0. The van der Waals surface area contributed by atoms with Gasteiger partial charge in [-0.05, 0) is 44.7 Å². The third-order valence-electron chi connectivity index (χ3n) is 3.41. The Hall–Kier alpha value is -1.26. The van der Waals surface area contributed by atoms with E-state index < -0.39 is 0 Å². The van der Waals surface area contributed by atoms with Gasteiger partial charge in [0.15, 0.2) is 0 Å². The first kappa shape index (κ1) is 12.2. The molecule has 0 bridgehead atoms. The molecule has 0 amide bonds. The summed E-state index contributed by atoms with van der Waals surface area (Å²) >= 11 is 0. The maximum Gasteiger partial charge on any atom is 0.106 e. The molecule has 0 radical (unpaired) electrons. The first-order valence-corrected chi connectivity index (χ1v) is 5.98. The van der Waals surface area contributed by atoms with E-state index in [-0.39, 0.29) is 6.04 Å². The van der Waals surface area contributed by atoms with Crippen molar-refractivity contribution in [1.29, 1.82) is 0 Å². The van der Waals surface area contributed by atoms with E-state index in [1.165, 1.54) is 5.57 Å². The zero-order valence-electron chi connectivity index (χ0n) is 10.7. The molecule has 1 aliphatic rings. The quantitative estimate of drug-likeness (QED) is 0.625. The third kappa shape index (κ3) is 2.23. The maximum absolute atomic E-state index is 5.69. The third-order valence-corrected chi connectivity index (χ3v) is 3.41. The highest BCUT2D eigenvalue weighted by Crippen LogP contribution is 2.33. The van der Waals surface area contributed by atoms with Crippen molar-refractivity contribution >= 4 is 0 Å². The Balaban J connectivity index is 2.37. The second-order valence-corrected chi connectivity index (χ2v) is 4.52. The molecule has 3 N–H and O–H groups in total. The molecule has 1 aromatic heterocycles. The SMILES string of the molecule is Cc1oc(C)c(C(NN)C2=COCCC2)c1C. The minimum Gasteiger partial charge on any atom is -0.501 e. The molecule has 4 heteroatoms. The van der Waals surface area contributed by atoms with Gasteiger partial charge in [0.2, 0.25) is 0 Å². The average Bonchev–Trinajstić information content (AvgIpc) is 2.58. The lowest BCUT2D eigenvalue weighted by molar-refractivity contribution is 0.219. The van der Waals surface area contributed by atoms with Crippen LogP contribution in [0, 0.1) is 20.8 Å². The van der Waals surface area contributed by atoms with Crippen molar-refractivity contribution in [2.45, 2.75) is 39.7 Å².